The van der Waals surface area contributed by atoms with Crippen LogP contribution in [0.15, 0.2) is 71.6 Å². The number of aryl methyl sites for hydroxylation is 2. The summed E-state index contributed by atoms with van der Waals surface area (Å²) in [6, 6.07) is 18.5. The van der Waals surface area contributed by atoms with E-state index in [1.165, 1.54) is 22.0 Å². The van der Waals surface area contributed by atoms with E-state index in [4.69, 9.17) is 12.2 Å². The molecule has 8 heteroatoms. The first-order valence-electron chi connectivity index (χ1n) is 10.9. The SMILES string of the molecule is CCc1ccc(NC(=S)Nc2ccc(S(=O)(=O)N3c4ccc(F)cc4CC[C@H]3C)cc2)cc1. The van der Waals surface area contributed by atoms with Crippen molar-refractivity contribution in [3.8, 4) is 0 Å². The maximum absolute atomic E-state index is 13.7. The van der Waals surface area contributed by atoms with Crippen molar-refractivity contribution in [2.75, 3.05) is 14.9 Å². The smallest absolute Gasteiger partial charge is 0.264 e. The lowest BCUT2D eigenvalue weighted by Gasteiger charge is -2.36. The number of nitrogens with zero attached hydrogens (tertiary/aromatic N) is 1. The lowest BCUT2D eigenvalue weighted by molar-refractivity contribution is 0.560. The van der Waals surface area contributed by atoms with Crippen molar-refractivity contribution in [3.05, 3.63) is 83.7 Å². The van der Waals surface area contributed by atoms with Crippen LogP contribution in [0.4, 0.5) is 21.5 Å². The van der Waals surface area contributed by atoms with Gasteiger partial charge in [0.1, 0.15) is 5.82 Å². The van der Waals surface area contributed by atoms with Gasteiger partial charge in [0.2, 0.25) is 0 Å². The number of rotatable bonds is 5. The van der Waals surface area contributed by atoms with Gasteiger partial charge < -0.3 is 10.6 Å². The fourth-order valence-electron chi connectivity index (χ4n) is 4.00. The zero-order valence-corrected chi connectivity index (χ0v) is 20.1. The molecule has 0 saturated heterocycles. The maximum Gasteiger partial charge on any atom is 0.264 e. The van der Waals surface area contributed by atoms with Gasteiger partial charge in [0.15, 0.2) is 5.11 Å². The Kier molecular flexibility index (Phi) is 6.67. The first kappa shape index (κ1) is 23.2. The highest BCUT2D eigenvalue weighted by Gasteiger charge is 2.33. The Bertz CT molecular complexity index is 1260. The molecule has 0 fully saturated rings. The summed E-state index contributed by atoms with van der Waals surface area (Å²) in [4.78, 5) is 0.172. The lowest BCUT2D eigenvalue weighted by Crippen LogP contribution is -2.42. The topological polar surface area (TPSA) is 61.4 Å². The van der Waals surface area contributed by atoms with Gasteiger partial charge in [0.05, 0.1) is 10.6 Å². The van der Waals surface area contributed by atoms with Crippen molar-refractivity contribution >= 4 is 44.4 Å². The zero-order chi connectivity index (χ0) is 23.6. The quantitative estimate of drug-likeness (QED) is 0.454. The van der Waals surface area contributed by atoms with Crippen molar-refractivity contribution in [2.45, 2.75) is 44.0 Å². The maximum atomic E-state index is 13.7. The molecule has 1 heterocycles. The van der Waals surface area contributed by atoms with Crippen LogP contribution in [0, 0.1) is 5.82 Å². The second-order valence-corrected chi connectivity index (χ2v) is 10.3. The largest absolute Gasteiger partial charge is 0.332 e. The minimum absolute atomic E-state index is 0.172. The second kappa shape index (κ2) is 9.49. The molecule has 0 spiro atoms. The number of hydrogen-bond donors (Lipinski definition) is 2. The molecule has 33 heavy (non-hydrogen) atoms. The number of anilines is 3. The minimum Gasteiger partial charge on any atom is -0.332 e. The van der Waals surface area contributed by atoms with E-state index in [1.54, 1.807) is 30.3 Å². The van der Waals surface area contributed by atoms with Gasteiger partial charge in [0, 0.05) is 17.4 Å². The molecule has 0 unspecified atom stereocenters. The number of fused-ring (bicyclic) bond motifs is 1. The molecule has 2 N–H and O–H groups in total. The van der Waals surface area contributed by atoms with E-state index in [2.05, 4.69) is 17.6 Å². The molecule has 172 valence electrons. The third-order valence-corrected chi connectivity index (χ3v) is 7.95. The van der Waals surface area contributed by atoms with Crippen LogP contribution in [0.1, 0.15) is 31.4 Å². The molecule has 0 radical (unpaired) electrons. The predicted molar refractivity (Wildman–Crippen MR) is 136 cm³/mol. The van der Waals surface area contributed by atoms with Crippen molar-refractivity contribution in [2.24, 2.45) is 0 Å². The van der Waals surface area contributed by atoms with Gasteiger partial charge in [-0.25, -0.2) is 12.8 Å². The van der Waals surface area contributed by atoms with Crippen molar-refractivity contribution in [3.63, 3.8) is 0 Å². The van der Waals surface area contributed by atoms with Crippen molar-refractivity contribution in [1.82, 2.24) is 0 Å². The molecule has 1 aliphatic rings. The summed E-state index contributed by atoms with van der Waals surface area (Å²) in [5.41, 5.74) is 4.03. The van der Waals surface area contributed by atoms with Crippen LogP contribution >= 0.6 is 12.2 Å². The van der Waals surface area contributed by atoms with Gasteiger partial charge in [-0.15, -0.1) is 0 Å². The zero-order valence-electron chi connectivity index (χ0n) is 18.5. The van der Waals surface area contributed by atoms with Gasteiger partial charge in [-0.05, 0) is 104 Å². The molecule has 1 atom stereocenters. The van der Waals surface area contributed by atoms with E-state index >= 15 is 0 Å². The summed E-state index contributed by atoms with van der Waals surface area (Å²) < 4.78 is 42.0. The average Bonchev–Trinajstić information content (AvgIpc) is 2.79. The molecule has 0 amide bonds. The van der Waals surface area contributed by atoms with E-state index in [-0.39, 0.29) is 16.8 Å². The molecule has 0 aliphatic carbocycles. The Balaban J connectivity index is 1.50. The van der Waals surface area contributed by atoms with Crippen LogP contribution in [0.2, 0.25) is 0 Å². The molecular formula is C25H26FN3O2S2. The van der Waals surface area contributed by atoms with E-state index in [0.29, 0.717) is 34.9 Å². The number of sulfonamides is 1. The normalized spacial score (nSPS) is 15.6. The molecule has 1 aliphatic heterocycles. The van der Waals surface area contributed by atoms with Gasteiger partial charge in [-0.3, -0.25) is 4.31 Å². The van der Waals surface area contributed by atoms with Gasteiger partial charge >= 0.3 is 0 Å². The predicted octanol–water partition coefficient (Wildman–Crippen LogP) is 5.73. The number of hydrogen-bond acceptors (Lipinski definition) is 3. The number of nitrogens with one attached hydrogen (secondary N) is 2. The summed E-state index contributed by atoms with van der Waals surface area (Å²) in [7, 11) is -3.80. The van der Waals surface area contributed by atoms with Crippen LogP contribution in [0.25, 0.3) is 0 Å². The first-order chi connectivity index (χ1) is 15.8. The number of halogens is 1. The Morgan fingerprint density at radius 1 is 1.03 bits per heavy atom. The number of thiocarbonyl (C=S) groups is 1. The van der Waals surface area contributed by atoms with Crippen LogP contribution in [0.5, 0.6) is 0 Å². The monoisotopic (exact) mass is 483 g/mol. The third kappa shape index (κ3) is 5.02. The first-order valence-corrected chi connectivity index (χ1v) is 12.7. The molecule has 3 aromatic rings. The molecule has 4 rings (SSSR count). The van der Waals surface area contributed by atoms with Gasteiger partial charge in [-0.1, -0.05) is 19.1 Å². The highest BCUT2D eigenvalue weighted by Crippen LogP contribution is 2.36. The van der Waals surface area contributed by atoms with Crippen LogP contribution in [-0.2, 0) is 22.9 Å². The summed E-state index contributed by atoms with van der Waals surface area (Å²) in [5, 5.41) is 6.61. The van der Waals surface area contributed by atoms with Crippen LogP contribution in [-0.4, -0.2) is 19.6 Å². The Labute approximate surface area is 199 Å². The molecular weight excluding hydrogens is 457 g/mol. The van der Waals surface area contributed by atoms with Crippen molar-refractivity contribution in [1.29, 1.82) is 0 Å². The van der Waals surface area contributed by atoms with Crippen molar-refractivity contribution < 1.29 is 12.8 Å². The molecule has 0 bridgehead atoms. The highest BCUT2D eigenvalue weighted by molar-refractivity contribution is 7.92. The summed E-state index contributed by atoms with van der Waals surface area (Å²) in [6.07, 6.45) is 2.25. The Morgan fingerprint density at radius 3 is 2.24 bits per heavy atom. The minimum atomic E-state index is -3.80. The number of benzene rings is 3. The van der Waals surface area contributed by atoms with Crippen LogP contribution in [0.3, 0.4) is 0 Å². The lowest BCUT2D eigenvalue weighted by atomic mass is 9.99. The summed E-state index contributed by atoms with van der Waals surface area (Å²) in [5.74, 6) is -0.359. The van der Waals surface area contributed by atoms with E-state index in [9.17, 15) is 12.8 Å². The molecule has 5 nitrogen and oxygen atoms in total. The Hall–Kier alpha value is -2.97. The van der Waals surface area contributed by atoms with Crippen LogP contribution < -0.4 is 14.9 Å². The van der Waals surface area contributed by atoms with E-state index < -0.39 is 10.0 Å². The summed E-state index contributed by atoms with van der Waals surface area (Å²) >= 11 is 5.38. The second-order valence-electron chi connectivity index (χ2n) is 8.12. The van der Waals surface area contributed by atoms with E-state index in [0.717, 1.165) is 12.1 Å². The fraction of sp³-hybridized carbons (Fsp3) is 0.240. The molecule has 3 aromatic carbocycles. The fourth-order valence-corrected chi connectivity index (χ4v) is 5.95. The van der Waals surface area contributed by atoms with Gasteiger partial charge in [0.25, 0.3) is 10.0 Å². The average molecular weight is 484 g/mol. The molecule has 0 saturated carbocycles. The Morgan fingerprint density at radius 2 is 1.64 bits per heavy atom. The van der Waals surface area contributed by atoms with Gasteiger partial charge in [-0.2, -0.15) is 0 Å². The van der Waals surface area contributed by atoms with E-state index in [1.807, 2.05) is 31.2 Å². The molecule has 0 aromatic heterocycles. The summed E-state index contributed by atoms with van der Waals surface area (Å²) in [6.45, 7) is 3.97. The highest BCUT2D eigenvalue weighted by atomic mass is 32.2. The third-order valence-electron chi connectivity index (χ3n) is 5.80. The standard InChI is InChI=1S/C25H26FN3O2S2/c1-3-18-5-9-21(10-6-18)27-25(32)28-22-11-13-23(14-12-22)33(30,31)29-17(2)4-7-19-16-20(26)8-15-24(19)29/h5-6,8-17H,3-4,7H2,1-2H3,(H2,27,28,32)/t17-/m1/s1.